The summed E-state index contributed by atoms with van der Waals surface area (Å²) in [5.74, 6) is 1.17. The maximum Gasteiger partial charge on any atom is 0.325 e. The van der Waals surface area contributed by atoms with Crippen molar-refractivity contribution in [3.05, 3.63) is 46.8 Å². The summed E-state index contributed by atoms with van der Waals surface area (Å²) in [5.41, 5.74) is 1.54. The fourth-order valence-electron chi connectivity index (χ4n) is 2.96. The SMILES string of the molecule is COC(=O)Cn1c(=NC(=O)Cc2ccc(OC)cc2)sc2cc3c(cc21)OCO3. The van der Waals surface area contributed by atoms with E-state index in [1.165, 1.54) is 18.4 Å². The van der Waals surface area contributed by atoms with Gasteiger partial charge in [-0.25, -0.2) is 0 Å². The number of rotatable bonds is 5. The van der Waals surface area contributed by atoms with Crippen LogP contribution in [0, 0.1) is 0 Å². The Morgan fingerprint density at radius 3 is 2.55 bits per heavy atom. The largest absolute Gasteiger partial charge is 0.497 e. The van der Waals surface area contributed by atoms with Crippen molar-refractivity contribution in [2.45, 2.75) is 13.0 Å². The Morgan fingerprint density at radius 2 is 1.86 bits per heavy atom. The molecule has 0 aliphatic carbocycles. The van der Waals surface area contributed by atoms with E-state index in [4.69, 9.17) is 18.9 Å². The van der Waals surface area contributed by atoms with Crippen LogP contribution >= 0.6 is 11.3 Å². The van der Waals surface area contributed by atoms with Crippen LogP contribution in [0.4, 0.5) is 0 Å². The molecule has 150 valence electrons. The molecule has 0 unspecified atom stereocenters. The van der Waals surface area contributed by atoms with Crippen molar-refractivity contribution < 1.29 is 28.5 Å². The van der Waals surface area contributed by atoms with E-state index >= 15 is 0 Å². The second-order valence-electron chi connectivity index (χ2n) is 6.25. The number of nitrogens with zero attached hydrogens (tertiary/aromatic N) is 2. The molecule has 0 fully saturated rings. The number of methoxy groups -OCH3 is 2. The molecule has 0 atom stereocenters. The van der Waals surface area contributed by atoms with Gasteiger partial charge in [0, 0.05) is 12.1 Å². The summed E-state index contributed by atoms with van der Waals surface area (Å²) in [6.07, 6.45) is 0.138. The van der Waals surface area contributed by atoms with Crippen LogP contribution < -0.4 is 19.0 Å². The van der Waals surface area contributed by atoms with E-state index < -0.39 is 5.97 Å². The van der Waals surface area contributed by atoms with Gasteiger partial charge in [-0.3, -0.25) is 9.59 Å². The molecule has 0 spiro atoms. The topological polar surface area (TPSA) is 88.4 Å². The van der Waals surface area contributed by atoms with E-state index in [0.29, 0.717) is 16.3 Å². The van der Waals surface area contributed by atoms with E-state index in [9.17, 15) is 9.59 Å². The molecule has 0 bridgehead atoms. The fraction of sp³-hybridized carbons (Fsp3) is 0.250. The van der Waals surface area contributed by atoms with E-state index in [1.54, 1.807) is 29.9 Å². The van der Waals surface area contributed by atoms with Crippen molar-refractivity contribution in [1.82, 2.24) is 4.57 Å². The molecule has 3 aromatic rings. The first-order valence-electron chi connectivity index (χ1n) is 8.77. The number of hydrogen-bond acceptors (Lipinski definition) is 7. The Morgan fingerprint density at radius 1 is 1.14 bits per heavy atom. The average molecular weight is 414 g/mol. The van der Waals surface area contributed by atoms with Gasteiger partial charge in [0.2, 0.25) is 6.79 Å². The Labute approximate surface area is 169 Å². The third-order valence-corrected chi connectivity index (χ3v) is 5.47. The molecule has 1 amide bonds. The number of aromatic nitrogens is 1. The van der Waals surface area contributed by atoms with Gasteiger partial charge in [-0.15, -0.1) is 0 Å². The Kier molecular flexibility index (Phi) is 5.22. The van der Waals surface area contributed by atoms with Crippen LogP contribution in [0.25, 0.3) is 10.2 Å². The third kappa shape index (κ3) is 3.95. The molecule has 1 aliphatic rings. The molecule has 1 aliphatic heterocycles. The molecule has 0 N–H and O–H groups in total. The molecular weight excluding hydrogens is 396 g/mol. The Hall–Kier alpha value is -3.33. The Balaban J connectivity index is 1.71. The number of carbonyl (C=O) groups is 2. The van der Waals surface area contributed by atoms with Gasteiger partial charge in [0.15, 0.2) is 16.3 Å². The zero-order chi connectivity index (χ0) is 20.4. The molecular formula is C20H18N2O6S. The number of hydrogen-bond donors (Lipinski definition) is 0. The van der Waals surface area contributed by atoms with Crippen LogP contribution in [-0.2, 0) is 27.3 Å². The van der Waals surface area contributed by atoms with Gasteiger partial charge < -0.3 is 23.5 Å². The van der Waals surface area contributed by atoms with E-state index in [0.717, 1.165) is 21.5 Å². The number of thiazole rings is 1. The molecule has 0 saturated heterocycles. The van der Waals surface area contributed by atoms with E-state index in [1.807, 2.05) is 18.2 Å². The molecule has 2 aromatic carbocycles. The highest BCUT2D eigenvalue weighted by Crippen LogP contribution is 2.37. The summed E-state index contributed by atoms with van der Waals surface area (Å²) >= 11 is 1.30. The van der Waals surface area contributed by atoms with Crippen molar-refractivity contribution in [1.29, 1.82) is 0 Å². The lowest BCUT2D eigenvalue weighted by molar-refractivity contribution is -0.141. The minimum absolute atomic E-state index is 0.0647. The molecule has 4 rings (SSSR count). The monoisotopic (exact) mass is 414 g/mol. The van der Waals surface area contributed by atoms with Crippen LogP contribution in [0.1, 0.15) is 5.56 Å². The minimum Gasteiger partial charge on any atom is -0.497 e. The predicted molar refractivity (Wildman–Crippen MR) is 105 cm³/mol. The molecule has 1 aromatic heterocycles. The zero-order valence-corrected chi connectivity index (χ0v) is 16.7. The third-order valence-electron chi connectivity index (χ3n) is 4.43. The van der Waals surface area contributed by atoms with Gasteiger partial charge in [0.1, 0.15) is 12.3 Å². The molecule has 8 nitrogen and oxygen atoms in total. The number of amides is 1. The van der Waals surface area contributed by atoms with Gasteiger partial charge in [-0.2, -0.15) is 4.99 Å². The molecule has 9 heteroatoms. The highest BCUT2D eigenvalue weighted by Gasteiger charge is 2.19. The van der Waals surface area contributed by atoms with Crippen LogP contribution in [0.15, 0.2) is 41.4 Å². The van der Waals surface area contributed by atoms with Gasteiger partial charge in [0.05, 0.1) is 30.9 Å². The van der Waals surface area contributed by atoms with Crippen molar-refractivity contribution in [3.63, 3.8) is 0 Å². The predicted octanol–water partition coefficient (Wildman–Crippen LogP) is 2.28. The van der Waals surface area contributed by atoms with Crippen LogP contribution in [-0.4, -0.2) is 37.5 Å². The van der Waals surface area contributed by atoms with Crippen molar-refractivity contribution >= 4 is 33.4 Å². The number of fused-ring (bicyclic) bond motifs is 2. The van der Waals surface area contributed by atoms with Crippen LogP contribution in [0.5, 0.6) is 17.2 Å². The molecule has 0 saturated carbocycles. The molecule has 29 heavy (non-hydrogen) atoms. The lowest BCUT2D eigenvalue weighted by Crippen LogP contribution is -2.22. The summed E-state index contributed by atoms with van der Waals surface area (Å²) in [4.78, 5) is 29.1. The maximum absolute atomic E-state index is 12.6. The van der Waals surface area contributed by atoms with Gasteiger partial charge in [0.25, 0.3) is 5.91 Å². The summed E-state index contributed by atoms with van der Waals surface area (Å²) in [7, 11) is 2.90. The smallest absolute Gasteiger partial charge is 0.325 e. The van der Waals surface area contributed by atoms with Crippen molar-refractivity contribution in [2.24, 2.45) is 4.99 Å². The van der Waals surface area contributed by atoms with Crippen LogP contribution in [0.3, 0.4) is 0 Å². The van der Waals surface area contributed by atoms with Crippen LogP contribution in [0.2, 0.25) is 0 Å². The Bertz CT molecular complexity index is 1150. The van der Waals surface area contributed by atoms with Crippen molar-refractivity contribution in [2.75, 3.05) is 21.0 Å². The quantitative estimate of drug-likeness (QED) is 0.595. The maximum atomic E-state index is 12.6. The summed E-state index contributed by atoms with van der Waals surface area (Å²) < 4.78 is 23.2. The first-order valence-corrected chi connectivity index (χ1v) is 9.59. The lowest BCUT2D eigenvalue weighted by Gasteiger charge is -2.04. The summed E-state index contributed by atoms with van der Waals surface area (Å²) in [6, 6.07) is 10.8. The summed E-state index contributed by atoms with van der Waals surface area (Å²) in [6.45, 7) is 0.0893. The second-order valence-corrected chi connectivity index (χ2v) is 7.26. The number of carbonyl (C=O) groups excluding carboxylic acids is 2. The van der Waals surface area contributed by atoms with Gasteiger partial charge >= 0.3 is 5.97 Å². The highest BCUT2D eigenvalue weighted by atomic mass is 32.1. The fourth-order valence-corrected chi connectivity index (χ4v) is 4.01. The van der Waals surface area contributed by atoms with Crippen molar-refractivity contribution in [3.8, 4) is 17.2 Å². The number of benzene rings is 2. The normalized spacial score (nSPS) is 13.0. The first-order chi connectivity index (χ1) is 14.1. The first kappa shape index (κ1) is 19.0. The number of esters is 1. The lowest BCUT2D eigenvalue weighted by atomic mass is 10.1. The molecule has 0 radical (unpaired) electrons. The molecule has 2 heterocycles. The minimum atomic E-state index is -0.438. The standard InChI is InChI=1S/C20H18N2O6S/c1-25-13-5-3-12(4-6-13)7-18(23)21-20-22(10-19(24)26-2)14-8-15-16(28-11-27-15)9-17(14)29-20/h3-6,8-9H,7,10-11H2,1-2H3. The highest BCUT2D eigenvalue weighted by molar-refractivity contribution is 7.16. The van der Waals surface area contributed by atoms with E-state index in [2.05, 4.69) is 4.99 Å². The summed E-state index contributed by atoms with van der Waals surface area (Å²) in [5, 5.41) is 0. The zero-order valence-electron chi connectivity index (χ0n) is 15.8. The number of ether oxygens (including phenoxy) is 4. The average Bonchev–Trinajstić information content (AvgIpc) is 3.30. The van der Waals surface area contributed by atoms with Gasteiger partial charge in [-0.05, 0) is 17.7 Å². The van der Waals surface area contributed by atoms with E-state index in [-0.39, 0.29) is 25.7 Å². The van der Waals surface area contributed by atoms with Gasteiger partial charge in [-0.1, -0.05) is 23.5 Å². The second kappa shape index (κ2) is 7.96.